The molecule has 140 valence electrons. The molecule has 6 heteroatoms. The van der Waals surface area contributed by atoms with Crippen molar-refractivity contribution in [1.82, 2.24) is 0 Å². The Bertz CT molecular complexity index is 1250. The van der Waals surface area contributed by atoms with Gasteiger partial charge in [0.15, 0.2) is 11.2 Å². The summed E-state index contributed by atoms with van der Waals surface area (Å²) in [6, 6.07) is 16.0. The zero-order valence-corrected chi connectivity index (χ0v) is 15.0. The average Bonchev–Trinajstić information content (AvgIpc) is 2.69. The van der Waals surface area contributed by atoms with E-state index < -0.39 is 5.82 Å². The van der Waals surface area contributed by atoms with Crippen LogP contribution in [0.1, 0.15) is 5.56 Å². The van der Waals surface area contributed by atoms with Gasteiger partial charge in [0.2, 0.25) is 0 Å². The van der Waals surface area contributed by atoms with Crippen molar-refractivity contribution in [2.75, 3.05) is 11.5 Å². The molecule has 1 aromatic heterocycles. The van der Waals surface area contributed by atoms with Crippen LogP contribution >= 0.6 is 0 Å². The van der Waals surface area contributed by atoms with E-state index in [1.54, 1.807) is 49.4 Å². The largest absolute Gasteiger partial charge is 0.456 e. The summed E-state index contributed by atoms with van der Waals surface area (Å²) in [4.78, 5) is 12.6. The quantitative estimate of drug-likeness (QED) is 0.498. The highest BCUT2D eigenvalue weighted by Gasteiger charge is 2.13. The molecule has 5 nitrogen and oxygen atoms in total. The standard InChI is InChI=1S/C22H17FN2O3/c1-12-21(26)17-10-14(23)4-9-19(17)28-22(12)13-2-6-16(7-3-13)27-20-11-15(24)5-8-18(20)25/h2-11H,24-25H2,1H3. The van der Waals surface area contributed by atoms with Crippen molar-refractivity contribution in [1.29, 1.82) is 0 Å². The monoisotopic (exact) mass is 376 g/mol. The van der Waals surface area contributed by atoms with Crippen LogP contribution < -0.4 is 21.6 Å². The van der Waals surface area contributed by atoms with Gasteiger partial charge in [0.05, 0.1) is 11.1 Å². The molecule has 0 aliphatic heterocycles. The molecule has 0 unspecified atom stereocenters. The Kier molecular flexibility index (Phi) is 4.24. The number of anilines is 2. The zero-order chi connectivity index (χ0) is 19.8. The van der Waals surface area contributed by atoms with E-state index in [1.165, 1.54) is 18.2 Å². The van der Waals surface area contributed by atoms with Crippen molar-refractivity contribution in [2.24, 2.45) is 0 Å². The molecule has 0 aliphatic rings. The van der Waals surface area contributed by atoms with Crippen molar-refractivity contribution >= 4 is 22.3 Å². The van der Waals surface area contributed by atoms with Crippen molar-refractivity contribution in [3.05, 3.63) is 82.3 Å². The van der Waals surface area contributed by atoms with Crippen LogP contribution in [0.5, 0.6) is 11.5 Å². The van der Waals surface area contributed by atoms with Gasteiger partial charge in [0.1, 0.15) is 22.9 Å². The molecule has 4 N–H and O–H groups in total. The number of hydrogen-bond acceptors (Lipinski definition) is 5. The Morgan fingerprint density at radius 1 is 0.964 bits per heavy atom. The highest BCUT2D eigenvalue weighted by atomic mass is 19.1. The molecule has 0 aliphatic carbocycles. The first kappa shape index (κ1) is 17.6. The predicted octanol–water partition coefficient (Wildman–Crippen LogP) is 4.86. The second-order valence-corrected chi connectivity index (χ2v) is 6.45. The topological polar surface area (TPSA) is 91.5 Å². The summed E-state index contributed by atoms with van der Waals surface area (Å²) >= 11 is 0. The van der Waals surface area contributed by atoms with E-state index in [4.69, 9.17) is 20.6 Å². The van der Waals surface area contributed by atoms with E-state index in [0.717, 1.165) is 0 Å². The van der Waals surface area contributed by atoms with Crippen molar-refractivity contribution < 1.29 is 13.5 Å². The molecule has 3 aromatic carbocycles. The highest BCUT2D eigenvalue weighted by molar-refractivity contribution is 5.80. The summed E-state index contributed by atoms with van der Waals surface area (Å²) in [6.07, 6.45) is 0. The maximum atomic E-state index is 13.4. The fraction of sp³-hybridized carbons (Fsp3) is 0.0455. The fourth-order valence-corrected chi connectivity index (χ4v) is 2.98. The van der Waals surface area contributed by atoms with Crippen molar-refractivity contribution in [2.45, 2.75) is 6.92 Å². The Morgan fingerprint density at radius 3 is 2.46 bits per heavy atom. The van der Waals surface area contributed by atoms with Gasteiger partial charge in [-0.1, -0.05) is 0 Å². The lowest BCUT2D eigenvalue weighted by molar-refractivity contribution is 0.485. The average molecular weight is 376 g/mol. The molecular formula is C22H17FN2O3. The van der Waals surface area contributed by atoms with Gasteiger partial charge in [0, 0.05) is 22.9 Å². The summed E-state index contributed by atoms with van der Waals surface area (Å²) < 4.78 is 25.1. The number of ether oxygens (including phenoxy) is 1. The number of fused-ring (bicyclic) bond motifs is 1. The van der Waals surface area contributed by atoms with E-state index in [0.29, 0.717) is 45.3 Å². The van der Waals surface area contributed by atoms with Crippen molar-refractivity contribution in [3.63, 3.8) is 0 Å². The van der Waals surface area contributed by atoms with Crippen LogP contribution in [0.25, 0.3) is 22.3 Å². The van der Waals surface area contributed by atoms with Crippen LogP contribution in [0.15, 0.2) is 69.9 Å². The van der Waals surface area contributed by atoms with Gasteiger partial charge < -0.3 is 20.6 Å². The molecule has 28 heavy (non-hydrogen) atoms. The molecular weight excluding hydrogens is 359 g/mol. The molecule has 4 aromatic rings. The SMILES string of the molecule is Cc1c(-c2ccc(Oc3cc(N)ccc3N)cc2)oc2ccc(F)cc2c1=O. The van der Waals surface area contributed by atoms with Crippen LogP contribution in [0, 0.1) is 12.7 Å². The summed E-state index contributed by atoms with van der Waals surface area (Å²) in [5.74, 6) is 0.973. The van der Waals surface area contributed by atoms with Crippen molar-refractivity contribution in [3.8, 4) is 22.8 Å². The minimum atomic E-state index is -0.478. The second-order valence-electron chi connectivity index (χ2n) is 6.45. The molecule has 0 atom stereocenters. The van der Waals surface area contributed by atoms with Crippen LogP contribution in [0.4, 0.5) is 15.8 Å². The van der Waals surface area contributed by atoms with Crippen LogP contribution in [0.3, 0.4) is 0 Å². The molecule has 0 saturated carbocycles. The first-order valence-corrected chi connectivity index (χ1v) is 8.58. The number of benzene rings is 3. The van der Waals surface area contributed by atoms with Gasteiger partial charge in [-0.2, -0.15) is 0 Å². The molecule has 0 spiro atoms. The molecule has 0 radical (unpaired) electrons. The van der Waals surface area contributed by atoms with Gasteiger partial charge >= 0.3 is 0 Å². The number of hydrogen-bond donors (Lipinski definition) is 2. The van der Waals surface area contributed by atoms with Crippen LogP contribution in [-0.4, -0.2) is 0 Å². The lowest BCUT2D eigenvalue weighted by atomic mass is 10.1. The first-order valence-electron chi connectivity index (χ1n) is 8.58. The lowest BCUT2D eigenvalue weighted by Crippen LogP contribution is -2.07. The third-order valence-electron chi connectivity index (χ3n) is 4.46. The number of halogens is 1. The van der Waals surface area contributed by atoms with E-state index in [-0.39, 0.29) is 10.8 Å². The fourth-order valence-electron chi connectivity index (χ4n) is 2.98. The molecule has 0 amide bonds. The van der Waals surface area contributed by atoms with Gasteiger partial charge in [-0.05, 0) is 61.5 Å². The van der Waals surface area contributed by atoms with Gasteiger partial charge in [-0.25, -0.2) is 4.39 Å². The second kappa shape index (κ2) is 6.74. The van der Waals surface area contributed by atoms with Crippen LogP contribution in [0.2, 0.25) is 0 Å². The smallest absolute Gasteiger partial charge is 0.196 e. The lowest BCUT2D eigenvalue weighted by Gasteiger charge is -2.11. The van der Waals surface area contributed by atoms with E-state index in [9.17, 15) is 9.18 Å². The Morgan fingerprint density at radius 2 is 1.71 bits per heavy atom. The summed E-state index contributed by atoms with van der Waals surface area (Å²) in [5.41, 5.74) is 13.9. The number of rotatable bonds is 3. The molecule has 4 rings (SSSR count). The molecule has 0 saturated heterocycles. The predicted molar refractivity (Wildman–Crippen MR) is 108 cm³/mol. The Labute approximate surface area is 160 Å². The first-order chi connectivity index (χ1) is 13.4. The normalized spacial score (nSPS) is 10.9. The summed E-state index contributed by atoms with van der Waals surface area (Å²) in [6.45, 7) is 1.66. The zero-order valence-electron chi connectivity index (χ0n) is 15.0. The summed E-state index contributed by atoms with van der Waals surface area (Å²) in [5, 5.41) is 0.221. The van der Waals surface area contributed by atoms with Gasteiger partial charge in [-0.15, -0.1) is 0 Å². The maximum Gasteiger partial charge on any atom is 0.196 e. The minimum absolute atomic E-state index is 0.221. The third kappa shape index (κ3) is 3.16. The highest BCUT2D eigenvalue weighted by Crippen LogP contribution is 2.32. The molecule has 1 heterocycles. The van der Waals surface area contributed by atoms with Gasteiger partial charge in [0.25, 0.3) is 0 Å². The number of nitrogens with two attached hydrogens (primary N) is 2. The van der Waals surface area contributed by atoms with E-state index >= 15 is 0 Å². The van der Waals surface area contributed by atoms with E-state index in [2.05, 4.69) is 0 Å². The van der Waals surface area contributed by atoms with E-state index in [1.807, 2.05) is 0 Å². The third-order valence-corrected chi connectivity index (χ3v) is 4.46. The minimum Gasteiger partial charge on any atom is -0.456 e. The molecule has 0 fully saturated rings. The number of nitrogen functional groups attached to an aromatic ring is 2. The Hall–Kier alpha value is -3.80. The van der Waals surface area contributed by atoms with Gasteiger partial charge in [-0.3, -0.25) is 4.79 Å². The maximum absolute atomic E-state index is 13.4. The summed E-state index contributed by atoms with van der Waals surface area (Å²) in [7, 11) is 0. The molecule has 0 bridgehead atoms. The Balaban J connectivity index is 1.71. The van der Waals surface area contributed by atoms with Crippen LogP contribution in [-0.2, 0) is 0 Å².